The van der Waals surface area contributed by atoms with E-state index in [0.29, 0.717) is 25.0 Å². The highest BCUT2D eigenvalue weighted by molar-refractivity contribution is 5.86. The molecule has 2 aliphatic rings. The number of benzene rings is 1. The molecule has 0 bridgehead atoms. The van der Waals surface area contributed by atoms with Crippen LogP contribution >= 0.6 is 0 Å². The van der Waals surface area contributed by atoms with Crippen LogP contribution in [0.4, 0.5) is 0 Å². The van der Waals surface area contributed by atoms with Gasteiger partial charge < -0.3 is 25.2 Å². The van der Waals surface area contributed by atoms with E-state index in [1.165, 1.54) is 6.42 Å². The Morgan fingerprint density at radius 1 is 1.12 bits per heavy atom. The fraction of sp³-hybridized carbons (Fsp3) is 0.625. The molecule has 2 fully saturated rings. The molecule has 3 rings (SSSR count). The third-order valence-electron chi connectivity index (χ3n) is 6.28. The van der Waals surface area contributed by atoms with Crippen LogP contribution in [0.3, 0.4) is 0 Å². The summed E-state index contributed by atoms with van der Waals surface area (Å²) in [6, 6.07) is 7.90. The average Bonchev–Trinajstić information content (AvgIpc) is 3.29. The number of carbonyl (C=O) groups excluding carboxylic acids is 2. The third-order valence-corrected chi connectivity index (χ3v) is 6.28. The highest BCUT2D eigenvalue weighted by Crippen LogP contribution is 2.26. The van der Waals surface area contributed by atoms with Crippen molar-refractivity contribution < 1.29 is 14.3 Å². The summed E-state index contributed by atoms with van der Waals surface area (Å²) in [5.41, 5.74) is 1.05. The monoisotopic (exact) mass is 443 g/mol. The number of carbonyl (C=O) groups is 2. The first kappa shape index (κ1) is 23.9. The quantitative estimate of drug-likeness (QED) is 0.497. The summed E-state index contributed by atoms with van der Waals surface area (Å²) in [6.45, 7) is 2.10. The summed E-state index contributed by atoms with van der Waals surface area (Å²) in [5, 5.41) is 6.59. The summed E-state index contributed by atoms with van der Waals surface area (Å²) in [6.07, 6.45) is 6.50. The molecule has 1 aromatic carbocycles. The fourth-order valence-electron chi connectivity index (χ4n) is 4.25. The van der Waals surface area contributed by atoms with Gasteiger partial charge in [0.25, 0.3) is 0 Å². The first-order chi connectivity index (χ1) is 15.5. The first-order valence-corrected chi connectivity index (χ1v) is 11.6. The molecule has 1 unspecified atom stereocenters. The van der Waals surface area contributed by atoms with Crippen LogP contribution in [0.15, 0.2) is 29.3 Å². The molecule has 2 amide bonds. The molecular weight excluding hydrogens is 406 g/mol. The van der Waals surface area contributed by atoms with Gasteiger partial charge in [-0.2, -0.15) is 0 Å². The van der Waals surface area contributed by atoms with Crippen molar-refractivity contribution in [3.8, 4) is 5.75 Å². The van der Waals surface area contributed by atoms with Crippen LogP contribution in [0, 0.1) is 5.92 Å². The van der Waals surface area contributed by atoms with Crippen LogP contribution in [-0.2, 0) is 16.1 Å². The second-order valence-electron chi connectivity index (χ2n) is 8.90. The van der Waals surface area contributed by atoms with Crippen LogP contribution in [0.25, 0.3) is 0 Å². The van der Waals surface area contributed by atoms with Gasteiger partial charge >= 0.3 is 0 Å². The molecule has 0 aromatic heterocycles. The molecule has 1 atom stereocenters. The minimum absolute atomic E-state index is 0.0236. The van der Waals surface area contributed by atoms with Gasteiger partial charge in [0, 0.05) is 39.1 Å². The van der Waals surface area contributed by atoms with E-state index >= 15 is 0 Å². The largest absolute Gasteiger partial charge is 0.497 e. The Hall–Kier alpha value is -2.77. The number of hydrogen-bond donors (Lipinski definition) is 2. The first-order valence-electron chi connectivity index (χ1n) is 11.6. The normalized spacial score (nSPS) is 19.5. The highest BCUT2D eigenvalue weighted by Gasteiger charge is 2.31. The number of methoxy groups -OCH3 is 1. The number of hydrogen-bond acceptors (Lipinski definition) is 4. The minimum atomic E-state index is -0.0236. The van der Waals surface area contributed by atoms with Gasteiger partial charge in [0.1, 0.15) is 5.75 Å². The predicted octanol–water partition coefficient (Wildman–Crippen LogP) is 2.00. The number of likely N-dealkylation sites (tertiary alicyclic amines) is 1. The van der Waals surface area contributed by atoms with Crippen LogP contribution < -0.4 is 15.4 Å². The van der Waals surface area contributed by atoms with E-state index in [9.17, 15) is 9.59 Å². The van der Waals surface area contributed by atoms with E-state index in [1.54, 1.807) is 26.1 Å². The van der Waals surface area contributed by atoms with Crippen molar-refractivity contribution in [3.05, 3.63) is 29.8 Å². The van der Waals surface area contributed by atoms with Gasteiger partial charge in [-0.25, -0.2) is 4.99 Å². The zero-order valence-electron chi connectivity index (χ0n) is 19.6. The Bertz CT molecular complexity index is 787. The van der Waals surface area contributed by atoms with E-state index in [-0.39, 0.29) is 24.4 Å². The molecule has 1 aliphatic carbocycles. The summed E-state index contributed by atoms with van der Waals surface area (Å²) in [4.78, 5) is 33.2. The Morgan fingerprint density at radius 2 is 1.84 bits per heavy atom. The Kier molecular flexibility index (Phi) is 8.76. The van der Waals surface area contributed by atoms with Crippen LogP contribution in [0.2, 0.25) is 0 Å². The second-order valence-corrected chi connectivity index (χ2v) is 8.90. The van der Waals surface area contributed by atoms with E-state index in [4.69, 9.17) is 4.74 Å². The molecule has 32 heavy (non-hydrogen) atoms. The Balaban J connectivity index is 1.59. The van der Waals surface area contributed by atoms with Crippen molar-refractivity contribution in [1.82, 2.24) is 20.4 Å². The number of rotatable bonds is 7. The van der Waals surface area contributed by atoms with Crippen molar-refractivity contribution in [1.29, 1.82) is 0 Å². The van der Waals surface area contributed by atoms with Crippen LogP contribution in [0.5, 0.6) is 5.75 Å². The van der Waals surface area contributed by atoms with E-state index in [0.717, 1.165) is 50.0 Å². The van der Waals surface area contributed by atoms with Gasteiger partial charge in [-0.05, 0) is 37.0 Å². The second kappa shape index (κ2) is 11.7. The molecule has 176 valence electrons. The molecule has 1 aromatic rings. The number of nitrogens with one attached hydrogen (secondary N) is 2. The predicted molar refractivity (Wildman–Crippen MR) is 126 cm³/mol. The molecule has 8 heteroatoms. The lowest BCUT2D eigenvalue weighted by Gasteiger charge is -2.26. The molecule has 1 saturated carbocycles. The van der Waals surface area contributed by atoms with Gasteiger partial charge in [0.15, 0.2) is 5.96 Å². The van der Waals surface area contributed by atoms with Crippen molar-refractivity contribution >= 4 is 17.8 Å². The maximum Gasteiger partial charge on any atom is 0.241 e. The number of guanidine groups is 1. The zero-order valence-corrected chi connectivity index (χ0v) is 19.6. The maximum absolute atomic E-state index is 12.9. The van der Waals surface area contributed by atoms with Gasteiger partial charge in [0.2, 0.25) is 11.8 Å². The number of aliphatic imine (C=N–C) groups is 1. The van der Waals surface area contributed by atoms with E-state index in [1.807, 2.05) is 29.2 Å². The number of ether oxygens (including phenoxy) is 1. The third kappa shape index (κ3) is 6.87. The van der Waals surface area contributed by atoms with Crippen molar-refractivity contribution in [2.75, 3.05) is 40.8 Å². The highest BCUT2D eigenvalue weighted by atomic mass is 16.5. The zero-order chi connectivity index (χ0) is 22.9. The fourth-order valence-corrected chi connectivity index (χ4v) is 4.25. The number of nitrogens with zero attached hydrogens (tertiary/aromatic N) is 3. The number of likely N-dealkylation sites (N-methyl/N-ethyl adjacent to an activating group) is 1. The lowest BCUT2D eigenvalue weighted by molar-refractivity contribution is -0.135. The lowest BCUT2D eigenvalue weighted by Crippen LogP contribution is -2.48. The SMILES string of the molecule is COc1ccc(CN=C(NCC(=O)N(C)C)NC2CCN(C(=O)C3CCCCC3)C2)cc1. The van der Waals surface area contributed by atoms with Crippen molar-refractivity contribution in [2.45, 2.75) is 51.1 Å². The molecule has 0 spiro atoms. The lowest BCUT2D eigenvalue weighted by atomic mass is 9.88. The maximum atomic E-state index is 12.9. The van der Waals surface area contributed by atoms with E-state index in [2.05, 4.69) is 15.6 Å². The molecule has 0 radical (unpaired) electrons. The van der Waals surface area contributed by atoms with Gasteiger partial charge in [-0.15, -0.1) is 0 Å². The molecule has 1 heterocycles. The van der Waals surface area contributed by atoms with Crippen molar-refractivity contribution in [2.24, 2.45) is 10.9 Å². The standard InChI is InChI=1S/C24H37N5O3/c1-28(2)22(30)16-26-24(25-15-18-9-11-21(32-3)12-10-18)27-20-13-14-29(17-20)23(31)19-7-5-4-6-8-19/h9-12,19-20H,4-8,13-17H2,1-3H3,(H2,25,26,27). The van der Waals surface area contributed by atoms with Gasteiger partial charge in [0.05, 0.1) is 20.2 Å². The summed E-state index contributed by atoms with van der Waals surface area (Å²) in [7, 11) is 5.11. The summed E-state index contributed by atoms with van der Waals surface area (Å²) >= 11 is 0. The Morgan fingerprint density at radius 3 is 2.50 bits per heavy atom. The molecular formula is C24H37N5O3. The summed E-state index contributed by atoms with van der Waals surface area (Å²) < 4.78 is 5.21. The van der Waals surface area contributed by atoms with Gasteiger partial charge in [-0.3, -0.25) is 9.59 Å². The van der Waals surface area contributed by atoms with E-state index < -0.39 is 0 Å². The topological polar surface area (TPSA) is 86.3 Å². The summed E-state index contributed by atoms with van der Waals surface area (Å²) in [5.74, 6) is 1.87. The molecule has 1 saturated heterocycles. The Labute approximate surface area is 191 Å². The smallest absolute Gasteiger partial charge is 0.241 e. The molecule has 2 N–H and O–H groups in total. The number of amides is 2. The van der Waals surface area contributed by atoms with Crippen LogP contribution in [0.1, 0.15) is 44.1 Å². The van der Waals surface area contributed by atoms with Gasteiger partial charge in [-0.1, -0.05) is 31.4 Å². The van der Waals surface area contributed by atoms with Crippen molar-refractivity contribution in [3.63, 3.8) is 0 Å². The average molecular weight is 444 g/mol. The molecule has 8 nitrogen and oxygen atoms in total. The van der Waals surface area contributed by atoms with Crippen LogP contribution in [-0.4, -0.2) is 74.5 Å². The minimum Gasteiger partial charge on any atom is -0.497 e. The molecule has 1 aliphatic heterocycles.